The van der Waals surface area contributed by atoms with Crippen LogP contribution in [0.3, 0.4) is 0 Å². The minimum Gasteiger partial charge on any atom is -0.303 e. The van der Waals surface area contributed by atoms with Gasteiger partial charge in [0.15, 0.2) is 5.11 Å². The SMILES string of the molecule is CCN(CC)Cc1ccc(N2C(=S)N(c3cccc(C(F)(F)F)c3)C(=O)C2(C)C)cc1F. The highest BCUT2D eigenvalue weighted by Gasteiger charge is 2.50. The predicted molar refractivity (Wildman–Crippen MR) is 121 cm³/mol. The molecule has 0 aromatic heterocycles. The molecule has 1 heterocycles. The van der Waals surface area contributed by atoms with Gasteiger partial charge in [-0.15, -0.1) is 0 Å². The number of hydrogen-bond acceptors (Lipinski definition) is 3. The number of carbonyl (C=O) groups is 1. The molecule has 0 aliphatic carbocycles. The van der Waals surface area contributed by atoms with Crippen molar-refractivity contribution in [3.8, 4) is 0 Å². The van der Waals surface area contributed by atoms with Crippen molar-refractivity contribution in [1.29, 1.82) is 0 Å². The molecule has 3 rings (SSSR count). The molecule has 0 spiro atoms. The number of benzene rings is 2. The molecular formula is C23H25F4N3OS. The van der Waals surface area contributed by atoms with Gasteiger partial charge in [0.1, 0.15) is 11.4 Å². The van der Waals surface area contributed by atoms with Crippen LogP contribution in [-0.2, 0) is 17.5 Å². The van der Waals surface area contributed by atoms with Gasteiger partial charge in [-0.2, -0.15) is 13.2 Å². The number of rotatable bonds is 6. The van der Waals surface area contributed by atoms with E-state index in [-0.39, 0.29) is 10.8 Å². The van der Waals surface area contributed by atoms with Crippen LogP contribution in [0, 0.1) is 5.82 Å². The Morgan fingerprint density at radius 3 is 2.25 bits per heavy atom. The van der Waals surface area contributed by atoms with Gasteiger partial charge in [-0.05, 0) is 69.5 Å². The molecule has 0 radical (unpaired) electrons. The number of thiocarbonyl (C=S) groups is 1. The average Bonchev–Trinajstić information content (AvgIpc) is 2.90. The highest BCUT2D eigenvalue weighted by Crippen LogP contribution is 2.38. The van der Waals surface area contributed by atoms with E-state index >= 15 is 0 Å². The van der Waals surface area contributed by atoms with E-state index in [4.69, 9.17) is 12.2 Å². The minimum atomic E-state index is -4.56. The Morgan fingerprint density at radius 2 is 1.69 bits per heavy atom. The van der Waals surface area contributed by atoms with Crippen LogP contribution in [0.2, 0.25) is 0 Å². The summed E-state index contributed by atoms with van der Waals surface area (Å²) in [6.07, 6.45) is -4.56. The molecule has 0 atom stereocenters. The van der Waals surface area contributed by atoms with Gasteiger partial charge in [0.2, 0.25) is 0 Å². The molecule has 0 bridgehead atoms. The summed E-state index contributed by atoms with van der Waals surface area (Å²) in [5.41, 5.74) is -1.19. The molecule has 172 valence electrons. The van der Waals surface area contributed by atoms with Crippen LogP contribution in [-0.4, -0.2) is 34.5 Å². The lowest BCUT2D eigenvalue weighted by Crippen LogP contribution is -2.44. The Kier molecular flexibility index (Phi) is 6.62. The van der Waals surface area contributed by atoms with E-state index in [1.54, 1.807) is 26.0 Å². The van der Waals surface area contributed by atoms with Crippen LogP contribution in [0.5, 0.6) is 0 Å². The van der Waals surface area contributed by atoms with Crippen molar-refractivity contribution < 1.29 is 22.4 Å². The number of anilines is 2. The molecule has 1 fully saturated rings. The van der Waals surface area contributed by atoms with Gasteiger partial charge in [0.05, 0.1) is 11.3 Å². The Balaban J connectivity index is 1.98. The smallest absolute Gasteiger partial charge is 0.303 e. The summed E-state index contributed by atoms with van der Waals surface area (Å²) in [6, 6.07) is 9.09. The molecule has 1 aliphatic rings. The van der Waals surface area contributed by atoms with Crippen LogP contribution in [0.1, 0.15) is 38.8 Å². The maximum atomic E-state index is 14.9. The van der Waals surface area contributed by atoms with Gasteiger partial charge in [0, 0.05) is 17.8 Å². The van der Waals surface area contributed by atoms with Crippen LogP contribution in [0.15, 0.2) is 42.5 Å². The van der Waals surface area contributed by atoms with Crippen molar-refractivity contribution >= 4 is 34.6 Å². The molecule has 0 unspecified atom stereocenters. The van der Waals surface area contributed by atoms with Gasteiger partial charge < -0.3 is 4.90 Å². The minimum absolute atomic E-state index is 0.00443. The van der Waals surface area contributed by atoms with Crippen molar-refractivity contribution in [1.82, 2.24) is 4.90 Å². The van der Waals surface area contributed by atoms with E-state index in [2.05, 4.69) is 4.90 Å². The molecule has 0 saturated carbocycles. The summed E-state index contributed by atoms with van der Waals surface area (Å²) in [7, 11) is 0. The second kappa shape index (κ2) is 8.78. The molecule has 0 N–H and O–H groups in total. The first-order valence-electron chi connectivity index (χ1n) is 10.3. The van der Waals surface area contributed by atoms with Crippen LogP contribution < -0.4 is 9.80 Å². The second-order valence-corrected chi connectivity index (χ2v) is 8.47. The van der Waals surface area contributed by atoms with Crippen molar-refractivity contribution in [2.24, 2.45) is 0 Å². The van der Waals surface area contributed by atoms with Gasteiger partial charge in [-0.3, -0.25) is 14.6 Å². The molecule has 2 aromatic rings. The number of hydrogen-bond donors (Lipinski definition) is 0. The summed E-state index contributed by atoms with van der Waals surface area (Å²) in [6.45, 7) is 9.21. The lowest BCUT2D eigenvalue weighted by atomic mass is 10.0. The maximum absolute atomic E-state index is 14.9. The third kappa shape index (κ3) is 4.36. The Labute approximate surface area is 190 Å². The number of amides is 1. The summed E-state index contributed by atoms with van der Waals surface area (Å²) in [5.74, 6) is -0.924. The van der Waals surface area contributed by atoms with Crippen molar-refractivity contribution in [3.05, 3.63) is 59.4 Å². The Hall–Kier alpha value is -2.52. The van der Waals surface area contributed by atoms with Crippen molar-refractivity contribution in [2.75, 3.05) is 22.9 Å². The molecule has 32 heavy (non-hydrogen) atoms. The third-order valence-corrected chi connectivity index (χ3v) is 6.05. The largest absolute Gasteiger partial charge is 0.416 e. The zero-order valence-electron chi connectivity index (χ0n) is 18.3. The first kappa shape index (κ1) is 24.1. The third-order valence-electron chi connectivity index (χ3n) is 5.68. The molecular weight excluding hydrogens is 442 g/mol. The first-order chi connectivity index (χ1) is 14.9. The van der Waals surface area contributed by atoms with Crippen molar-refractivity contribution in [3.63, 3.8) is 0 Å². The van der Waals surface area contributed by atoms with Crippen LogP contribution in [0.25, 0.3) is 0 Å². The highest BCUT2D eigenvalue weighted by molar-refractivity contribution is 7.81. The normalized spacial score (nSPS) is 16.4. The maximum Gasteiger partial charge on any atom is 0.416 e. The topological polar surface area (TPSA) is 26.8 Å². The fourth-order valence-corrected chi connectivity index (χ4v) is 4.29. The fourth-order valence-electron chi connectivity index (χ4n) is 3.77. The molecule has 1 aliphatic heterocycles. The van der Waals surface area contributed by atoms with Crippen LogP contribution >= 0.6 is 12.2 Å². The fraction of sp³-hybridized carbons (Fsp3) is 0.391. The number of nitrogens with zero attached hydrogens (tertiary/aromatic N) is 3. The number of alkyl halides is 3. The quantitative estimate of drug-likeness (QED) is 0.408. The highest BCUT2D eigenvalue weighted by atomic mass is 32.1. The zero-order chi connectivity index (χ0) is 23.8. The second-order valence-electron chi connectivity index (χ2n) is 8.10. The van der Waals surface area contributed by atoms with Gasteiger partial charge in [-0.25, -0.2) is 4.39 Å². The van der Waals surface area contributed by atoms with Gasteiger partial charge in [-0.1, -0.05) is 26.0 Å². The van der Waals surface area contributed by atoms with E-state index in [9.17, 15) is 22.4 Å². The number of carbonyl (C=O) groups excluding carboxylic acids is 1. The first-order valence-corrected chi connectivity index (χ1v) is 10.7. The average molecular weight is 468 g/mol. The lowest BCUT2D eigenvalue weighted by Gasteiger charge is -2.30. The summed E-state index contributed by atoms with van der Waals surface area (Å²) in [4.78, 5) is 17.8. The van der Waals surface area contributed by atoms with Gasteiger partial charge >= 0.3 is 6.18 Å². The summed E-state index contributed by atoms with van der Waals surface area (Å²) >= 11 is 5.49. The Bertz CT molecular complexity index is 1030. The monoisotopic (exact) mass is 467 g/mol. The van der Waals surface area contributed by atoms with E-state index < -0.39 is 29.0 Å². The summed E-state index contributed by atoms with van der Waals surface area (Å²) in [5, 5.41) is -0.00443. The van der Waals surface area contributed by atoms with E-state index in [1.165, 1.54) is 23.1 Å². The number of halogens is 4. The molecule has 1 saturated heterocycles. The van der Waals surface area contributed by atoms with Gasteiger partial charge in [0.25, 0.3) is 5.91 Å². The molecule has 1 amide bonds. The lowest BCUT2D eigenvalue weighted by molar-refractivity contribution is -0.137. The zero-order valence-corrected chi connectivity index (χ0v) is 19.1. The van der Waals surface area contributed by atoms with E-state index in [1.807, 2.05) is 13.8 Å². The molecule has 2 aromatic carbocycles. The Morgan fingerprint density at radius 1 is 1.03 bits per heavy atom. The van der Waals surface area contributed by atoms with Crippen LogP contribution in [0.4, 0.5) is 28.9 Å². The van der Waals surface area contributed by atoms with E-state index in [0.29, 0.717) is 17.8 Å². The predicted octanol–water partition coefficient (Wildman–Crippen LogP) is 5.60. The van der Waals surface area contributed by atoms with E-state index in [0.717, 1.165) is 30.1 Å². The summed E-state index contributed by atoms with van der Waals surface area (Å²) < 4.78 is 54.4. The molecule has 9 heteroatoms. The molecule has 4 nitrogen and oxygen atoms in total. The van der Waals surface area contributed by atoms with Crippen molar-refractivity contribution in [2.45, 2.75) is 46.0 Å². The standard InChI is InChI=1S/C23H25F4N3OS/c1-5-28(6-2)14-15-10-11-18(13-19(15)24)30-21(32)29(20(31)22(30,3)4)17-9-7-8-16(12-17)23(25,26)27/h7-13H,5-6,14H2,1-4H3.